The van der Waals surface area contributed by atoms with E-state index in [1.807, 2.05) is 75.0 Å². The Morgan fingerprint density at radius 3 is 2.29 bits per heavy atom. The molecule has 0 radical (unpaired) electrons. The normalized spacial score (nSPS) is 11.5. The van der Waals surface area contributed by atoms with Crippen LogP contribution in [0.3, 0.4) is 0 Å². The number of hydrogen-bond donors (Lipinski definition) is 2. The van der Waals surface area contributed by atoms with Crippen molar-refractivity contribution in [2.24, 2.45) is 12.0 Å². The zero-order valence-corrected chi connectivity index (χ0v) is 20.2. The van der Waals surface area contributed by atoms with Crippen molar-refractivity contribution in [1.82, 2.24) is 15.1 Å². The van der Waals surface area contributed by atoms with Crippen LogP contribution in [0.25, 0.3) is 0 Å². The molecule has 0 fully saturated rings. The van der Waals surface area contributed by atoms with E-state index in [2.05, 4.69) is 43.6 Å². The molecule has 162 valence electrons. The molecule has 0 spiro atoms. The highest BCUT2D eigenvalue weighted by molar-refractivity contribution is 9.10. The van der Waals surface area contributed by atoms with Gasteiger partial charge >= 0.3 is 0 Å². The Bertz CT molecular complexity index is 1100. The number of hydrogen-bond acceptors (Lipinski definition) is 3. The molecule has 0 unspecified atom stereocenters. The minimum atomic E-state index is -0.191. The van der Waals surface area contributed by atoms with Gasteiger partial charge in [-0.3, -0.25) is 19.8 Å². The molecule has 2 aromatic carbocycles. The summed E-state index contributed by atoms with van der Waals surface area (Å²) in [6, 6.07) is 13.5. The number of anilines is 1. The molecule has 1 heterocycles. The summed E-state index contributed by atoms with van der Waals surface area (Å²) in [7, 11) is 1.94. The lowest BCUT2D eigenvalue weighted by Crippen LogP contribution is -2.36. The van der Waals surface area contributed by atoms with Crippen LogP contribution in [-0.2, 0) is 13.5 Å². The zero-order chi connectivity index (χ0) is 22.5. The first kappa shape index (κ1) is 22.7. The SMILES string of the molecule is Cc1cc(C)cc(C(=O)NC(=NCCc2c(C)nn(C)c2C)Nc2ccc(Br)cc2)c1. The monoisotopic (exact) mass is 481 g/mol. The summed E-state index contributed by atoms with van der Waals surface area (Å²) in [4.78, 5) is 17.6. The lowest BCUT2D eigenvalue weighted by molar-refractivity contribution is 0.0976. The van der Waals surface area contributed by atoms with Gasteiger partial charge in [0, 0.05) is 35.0 Å². The van der Waals surface area contributed by atoms with Gasteiger partial charge in [0.05, 0.1) is 5.69 Å². The third kappa shape index (κ3) is 6.04. The maximum Gasteiger partial charge on any atom is 0.257 e. The van der Waals surface area contributed by atoms with E-state index in [4.69, 9.17) is 0 Å². The topological polar surface area (TPSA) is 71.3 Å². The first-order chi connectivity index (χ1) is 14.7. The number of carbonyl (C=O) groups is 1. The summed E-state index contributed by atoms with van der Waals surface area (Å²) < 4.78 is 2.87. The molecule has 7 heteroatoms. The molecule has 31 heavy (non-hydrogen) atoms. The molecule has 0 aliphatic heterocycles. The summed E-state index contributed by atoms with van der Waals surface area (Å²) >= 11 is 3.44. The van der Waals surface area contributed by atoms with E-state index in [0.717, 1.165) is 39.1 Å². The van der Waals surface area contributed by atoms with Crippen LogP contribution in [0, 0.1) is 27.7 Å². The Labute approximate surface area is 191 Å². The molecule has 6 nitrogen and oxygen atoms in total. The van der Waals surface area contributed by atoms with E-state index < -0.39 is 0 Å². The van der Waals surface area contributed by atoms with Gasteiger partial charge in [-0.2, -0.15) is 5.10 Å². The highest BCUT2D eigenvalue weighted by atomic mass is 79.9. The van der Waals surface area contributed by atoms with E-state index in [9.17, 15) is 4.79 Å². The van der Waals surface area contributed by atoms with Crippen LogP contribution in [0.1, 0.15) is 38.4 Å². The number of nitrogens with zero attached hydrogens (tertiary/aromatic N) is 3. The van der Waals surface area contributed by atoms with Gasteiger partial charge in [-0.05, 0) is 76.1 Å². The molecule has 0 aliphatic rings. The molecule has 2 N–H and O–H groups in total. The number of benzene rings is 2. The van der Waals surface area contributed by atoms with Crippen LogP contribution in [0.4, 0.5) is 5.69 Å². The first-order valence-corrected chi connectivity index (χ1v) is 11.0. The highest BCUT2D eigenvalue weighted by Crippen LogP contribution is 2.15. The summed E-state index contributed by atoms with van der Waals surface area (Å²) in [6.45, 7) is 8.56. The van der Waals surface area contributed by atoms with E-state index in [0.29, 0.717) is 18.1 Å². The molecule has 1 aromatic heterocycles. The fraction of sp³-hybridized carbons (Fsp3) is 0.292. The molecular weight excluding hydrogens is 454 g/mol. The van der Waals surface area contributed by atoms with Crippen LogP contribution in [0.15, 0.2) is 51.9 Å². The fourth-order valence-electron chi connectivity index (χ4n) is 3.52. The van der Waals surface area contributed by atoms with Crippen molar-refractivity contribution in [3.8, 4) is 0 Å². The number of amides is 1. The number of aromatic nitrogens is 2. The first-order valence-electron chi connectivity index (χ1n) is 10.2. The summed E-state index contributed by atoms with van der Waals surface area (Å²) in [5.41, 5.74) is 6.89. The number of carbonyl (C=O) groups excluding carboxylic acids is 1. The predicted molar refractivity (Wildman–Crippen MR) is 130 cm³/mol. The average Bonchev–Trinajstić information content (AvgIpc) is 2.94. The Hall–Kier alpha value is -2.93. The standard InChI is InChI=1S/C24H28BrN5O/c1-15-12-16(2)14-19(13-15)23(31)28-24(27-21-8-6-20(25)7-9-21)26-11-10-22-17(3)29-30(5)18(22)4/h6-9,12-14H,10-11H2,1-5H3,(H2,26,27,28,31). The Kier molecular flexibility index (Phi) is 7.28. The molecule has 0 bridgehead atoms. The highest BCUT2D eigenvalue weighted by Gasteiger charge is 2.12. The van der Waals surface area contributed by atoms with Crippen LogP contribution in [0.5, 0.6) is 0 Å². The van der Waals surface area contributed by atoms with Gasteiger partial charge in [-0.25, -0.2) is 0 Å². The molecule has 0 saturated heterocycles. The second-order valence-corrected chi connectivity index (χ2v) is 8.63. The Morgan fingerprint density at radius 2 is 1.71 bits per heavy atom. The minimum absolute atomic E-state index is 0.191. The number of nitrogens with one attached hydrogen (secondary N) is 2. The maximum atomic E-state index is 12.9. The minimum Gasteiger partial charge on any atom is -0.326 e. The average molecular weight is 482 g/mol. The van der Waals surface area contributed by atoms with Crippen LogP contribution in [0.2, 0.25) is 0 Å². The lowest BCUT2D eigenvalue weighted by Gasteiger charge is -2.13. The Balaban J connectivity index is 1.80. The van der Waals surface area contributed by atoms with Gasteiger partial charge in [0.1, 0.15) is 0 Å². The van der Waals surface area contributed by atoms with Crippen molar-refractivity contribution < 1.29 is 4.79 Å². The number of aryl methyl sites for hydroxylation is 4. The number of aliphatic imine (C=N–C) groups is 1. The molecule has 3 aromatic rings. The van der Waals surface area contributed by atoms with Crippen molar-refractivity contribution in [1.29, 1.82) is 0 Å². The second kappa shape index (κ2) is 9.92. The van der Waals surface area contributed by atoms with Gasteiger partial charge in [0.25, 0.3) is 5.91 Å². The number of rotatable bonds is 5. The van der Waals surface area contributed by atoms with Crippen molar-refractivity contribution >= 4 is 33.5 Å². The molecule has 1 amide bonds. The van der Waals surface area contributed by atoms with Crippen LogP contribution < -0.4 is 10.6 Å². The molecule has 0 atom stereocenters. The van der Waals surface area contributed by atoms with Crippen LogP contribution >= 0.6 is 15.9 Å². The number of guanidine groups is 1. The summed E-state index contributed by atoms with van der Waals surface area (Å²) in [5, 5.41) is 10.6. The summed E-state index contributed by atoms with van der Waals surface area (Å²) in [6.07, 6.45) is 0.746. The van der Waals surface area contributed by atoms with Crippen molar-refractivity contribution in [3.05, 3.63) is 80.6 Å². The maximum absolute atomic E-state index is 12.9. The summed E-state index contributed by atoms with van der Waals surface area (Å²) in [5.74, 6) is 0.231. The van der Waals surface area contributed by atoms with Gasteiger partial charge in [0.15, 0.2) is 0 Å². The smallest absolute Gasteiger partial charge is 0.257 e. The fourth-order valence-corrected chi connectivity index (χ4v) is 3.79. The van der Waals surface area contributed by atoms with E-state index >= 15 is 0 Å². The van der Waals surface area contributed by atoms with E-state index in [1.165, 1.54) is 5.56 Å². The predicted octanol–water partition coefficient (Wildman–Crippen LogP) is 4.86. The third-order valence-electron chi connectivity index (χ3n) is 5.11. The molecule has 3 rings (SSSR count). The van der Waals surface area contributed by atoms with Crippen molar-refractivity contribution in [2.45, 2.75) is 34.1 Å². The number of halogens is 1. The van der Waals surface area contributed by atoms with Gasteiger partial charge in [-0.15, -0.1) is 0 Å². The van der Waals surface area contributed by atoms with Gasteiger partial charge in [0.2, 0.25) is 5.96 Å². The van der Waals surface area contributed by atoms with E-state index in [-0.39, 0.29) is 5.91 Å². The lowest BCUT2D eigenvalue weighted by atomic mass is 10.1. The molecule has 0 aliphatic carbocycles. The zero-order valence-electron chi connectivity index (χ0n) is 18.6. The third-order valence-corrected chi connectivity index (χ3v) is 5.64. The Morgan fingerprint density at radius 1 is 1.06 bits per heavy atom. The quantitative estimate of drug-likeness (QED) is 0.403. The second-order valence-electron chi connectivity index (χ2n) is 7.72. The van der Waals surface area contributed by atoms with Crippen molar-refractivity contribution in [2.75, 3.05) is 11.9 Å². The largest absolute Gasteiger partial charge is 0.326 e. The van der Waals surface area contributed by atoms with E-state index in [1.54, 1.807) is 0 Å². The molecule has 0 saturated carbocycles. The van der Waals surface area contributed by atoms with Gasteiger partial charge < -0.3 is 5.32 Å². The van der Waals surface area contributed by atoms with Crippen LogP contribution in [-0.4, -0.2) is 28.2 Å². The van der Waals surface area contributed by atoms with Gasteiger partial charge in [-0.1, -0.05) is 33.1 Å². The molecular formula is C24H28BrN5O. The van der Waals surface area contributed by atoms with Crippen molar-refractivity contribution in [3.63, 3.8) is 0 Å².